The molecule has 1 heterocycles. The van der Waals surface area contributed by atoms with Crippen LogP contribution in [0.3, 0.4) is 0 Å². The lowest BCUT2D eigenvalue weighted by atomic mass is 9.86. The third kappa shape index (κ3) is 5.86. The number of benzene rings is 2. The van der Waals surface area contributed by atoms with Gasteiger partial charge >= 0.3 is 18.3 Å². The first-order valence-corrected chi connectivity index (χ1v) is 10.9. The Morgan fingerprint density at radius 2 is 1.78 bits per heavy atom. The topological polar surface area (TPSA) is 75.1 Å². The minimum absolute atomic E-state index is 0.00355. The van der Waals surface area contributed by atoms with E-state index in [1.807, 2.05) is 5.43 Å². The molecule has 0 aromatic heterocycles. The van der Waals surface area contributed by atoms with Crippen molar-refractivity contribution < 1.29 is 36.0 Å². The Kier molecular flexibility index (Phi) is 7.80. The van der Waals surface area contributed by atoms with Gasteiger partial charge in [0, 0.05) is 27.6 Å². The standard InChI is InChI=1S/C22H18Cl2F6N4O2/c1-11-5-13(3-4-17(11)12(2)32-33-19(35)31-21(26,27)10-25)18-9-20(36-34-18,22(28,29)30)14-6-15(23)8-16(24)7-14/h3-8H,9-10H2,1-2H3,(H2,31,33,35)/b32-12-. The molecule has 2 aromatic rings. The van der Waals surface area contributed by atoms with Crippen molar-refractivity contribution in [3.05, 3.63) is 68.7 Å². The lowest BCUT2D eigenvalue weighted by Gasteiger charge is -2.29. The number of aryl methyl sites for hydroxylation is 1. The van der Waals surface area contributed by atoms with E-state index in [-0.39, 0.29) is 27.0 Å². The zero-order valence-corrected chi connectivity index (χ0v) is 20.1. The molecule has 1 atom stereocenters. The molecule has 0 fully saturated rings. The van der Waals surface area contributed by atoms with E-state index < -0.39 is 37.0 Å². The highest BCUT2D eigenvalue weighted by atomic mass is 35.5. The molecule has 1 aliphatic heterocycles. The second-order valence-electron chi connectivity index (χ2n) is 7.92. The molecule has 2 N–H and O–H groups in total. The van der Waals surface area contributed by atoms with Crippen LogP contribution < -0.4 is 10.7 Å². The van der Waals surface area contributed by atoms with Crippen LogP contribution in [0.25, 0.3) is 0 Å². The fraction of sp³-hybridized carbons (Fsp3) is 0.318. The Balaban J connectivity index is 1.83. The summed E-state index contributed by atoms with van der Waals surface area (Å²) in [7, 11) is 0. The number of urea groups is 1. The quantitative estimate of drug-likeness (QED) is 0.186. The van der Waals surface area contributed by atoms with E-state index in [1.54, 1.807) is 6.92 Å². The van der Waals surface area contributed by atoms with Gasteiger partial charge in [-0.3, -0.25) is 5.32 Å². The van der Waals surface area contributed by atoms with Crippen molar-refractivity contribution in [2.45, 2.75) is 38.1 Å². The number of carbonyl (C=O) groups is 1. The molecule has 0 bridgehead atoms. The molecule has 3 rings (SSSR count). The lowest BCUT2D eigenvalue weighted by molar-refractivity contribution is -0.275. The monoisotopic (exact) mass is 554 g/mol. The van der Waals surface area contributed by atoms with Gasteiger partial charge in [-0.25, -0.2) is 14.6 Å². The first-order chi connectivity index (χ1) is 16.7. The molecule has 0 spiro atoms. The third-order valence-electron chi connectivity index (χ3n) is 5.25. The molecule has 0 saturated heterocycles. The number of amides is 2. The molecule has 0 radical (unpaired) electrons. The van der Waals surface area contributed by atoms with E-state index in [9.17, 15) is 31.1 Å². The number of carbonyl (C=O) groups excluding carboxylic acids is 1. The van der Waals surface area contributed by atoms with Gasteiger partial charge in [0.2, 0.25) is 0 Å². The van der Waals surface area contributed by atoms with E-state index in [4.69, 9.17) is 28.0 Å². The Bertz CT molecular complexity index is 1220. The summed E-state index contributed by atoms with van der Waals surface area (Å²) < 4.78 is 80.4. The summed E-state index contributed by atoms with van der Waals surface area (Å²) >= 11 is 11.8. The number of hydrogen-bond donors (Lipinski definition) is 2. The van der Waals surface area contributed by atoms with Crippen LogP contribution in [0.5, 0.6) is 0 Å². The van der Waals surface area contributed by atoms with E-state index in [2.05, 4.69) is 10.3 Å². The number of nitrogens with zero attached hydrogens (tertiary/aromatic N) is 2. The van der Waals surface area contributed by atoms with Crippen LogP contribution in [-0.4, -0.2) is 36.4 Å². The van der Waals surface area contributed by atoms with Crippen LogP contribution in [0.15, 0.2) is 46.7 Å². The van der Waals surface area contributed by atoms with Gasteiger partial charge in [0.1, 0.15) is 0 Å². The first-order valence-electron chi connectivity index (χ1n) is 10.1. The Morgan fingerprint density at radius 1 is 1.14 bits per heavy atom. The summed E-state index contributed by atoms with van der Waals surface area (Å²) in [5, 5.41) is 8.49. The molecule has 1 unspecified atom stereocenters. The van der Waals surface area contributed by atoms with Crippen molar-refractivity contribution in [3.63, 3.8) is 0 Å². The Labute approximate surface area is 211 Å². The van der Waals surface area contributed by atoms with Crippen molar-refractivity contribution in [3.8, 4) is 0 Å². The Hall–Kier alpha value is -2.99. The van der Waals surface area contributed by atoms with Crippen molar-refractivity contribution in [1.82, 2.24) is 10.7 Å². The highest BCUT2D eigenvalue weighted by Crippen LogP contribution is 2.49. The zero-order chi connectivity index (χ0) is 26.9. The molecule has 36 heavy (non-hydrogen) atoms. The summed E-state index contributed by atoms with van der Waals surface area (Å²) in [4.78, 5) is 16.4. The van der Waals surface area contributed by atoms with Crippen molar-refractivity contribution in [1.29, 1.82) is 0 Å². The molecular formula is C22H18Cl2F6N4O2. The maximum atomic E-state index is 14.2. The normalized spacial score (nSPS) is 18.5. The smallest absolute Gasteiger partial charge is 0.374 e. The number of oxime groups is 1. The van der Waals surface area contributed by atoms with Crippen molar-refractivity contribution >= 4 is 40.7 Å². The number of rotatable bonds is 6. The number of hydrogen-bond acceptors (Lipinski definition) is 4. The Morgan fingerprint density at radius 3 is 2.33 bits per heavy atom. The molecule has 0 aliphatic carbocycles. The van der Waals surface area contributed by atoms with Gasteiger partial charge in [-0.2, -0.15) is 27.1 Å². The molecule has 2 aromatic carbocycles. The third-order valence-corrected chi connectivity index (χ3v) is 5.69. The predicted octanol–water partition coefficient (Wildman–Crippen LogP) is 6.47. The van der Waals surface area contributed by atoms with Crippen LogP contribution >= 0.6 is 23.2 Å². The summed E-state index contributed by atoms with van der Waals surface area (Å²) in [5.74, 6) is 0. The summed E-state index contributed by atoms with van der Waals surface area (Å²) in [5.41, 5.74) is 0.258. The summed E-state index contributed by atoms with van der Waals surface area (Å²) in [6, 6.07) is 2.56. The van der Waals surface area contributed by atoms with Gasteiger partial charge in [-0.05, 0) is 49.2 Å². The number of hydrazone groups is 1. The van der Waals surface area contributed by atoms with Gasteiger partial charge in [-0.15, -0.1) is 0 Å². The molecule has 1 aliphatic rings. The second kappa shape index (κ2) is 10.2. The highest BCUT2D eigenvalue weighted by Gasteiger charge is 2.62. The van der Waals surface area contributed by atoms with Gasteiger partial charge in [-0.1, -0.05) is 40.5 Å². The molecule has 14 heteroatoms. The van der Waals surface area contributed by atoms with Gasteiger partial charge < -0.3 is 4.84 Å². The van der Waals surface area contributed by atoms with Crippen molar-refractivity contribution in [2.75, 3.05) is 6.67 Å². The summed E-state index contributed by atoms with van der Waals surface area (Å²) in [6.07, 6.45) is -5.50. The summed E-state index contributed by atoms with van der Waals surface area (Å²) in [6.45, 7) is 1.000. The minimum Gasteiger partial charge on any atom is -0.374 e. The van der Waals surface area contributed by atoms with Gasteiger partial charge in [0.05, 0.1) is 11.4 Å². The van der Waals surface area contributed by atoms with Gasteiger partial charge in [0.25, 0.3) is 5.60 Å². The van der Waals surface area contributed by atoms with Crippen LogP contribution in [-0.2, 0) is 10.4 Å². The molecule has 0 saturated carbocycles. The van der Waals surface area contributed by atoms with E-state index in [0.29, 0.717) is 16.7 Å². The predicted molar refractivity (Wildman–Crippen MR) is 122 cm³/mol. The van der Waals surface area contributed by atoms with Gasteiger partial charge in [0.15, 0.2) is 6.67 Å². The first kappa shape index (κ1) is 27.6. The molecule has 194 valence electrons. The fourth-order valence-corrected chi connectivity index (χ4v) is 4.04. The number of alkyl halides is 6. The van der Waals surface area contributed by atoms with E-state index in [1.165, 1.54) is 31.2 Å². The molecule has 6 nitrogen and oxygen atoms in total. The van der Waals surface area contributed by atoms with E-state index in [0.717, 1.165) is 17.4 Å². The lowest BCUT2D eigenvalue weighted by Crippen LogP contribution is -2.46. The highest BCUT2D eigenvalue weighted by molar-refractivity contribution is 6.34. The average molecular weight is 555 g/mol. The zero-order valence-electron chi connectivity index (χ0n) is 18.6. The average Bonchev–Trinajstić information content (AvgIpc) is 3.24. The van der Waals surface area contributed by atoms with E-state index >= 15 is 0 Å². The fourth-order valence-electron chi connectivity index (χ4n) is 3.52. The van der Waals surface area contributed by atoms with Crippen molar-refractivity contribution in [2.24, 2.45) is 10.3 Å². The van der Waals surface area contributed by atoms with Crippen LogP contribution in [0.4, 0.5) is 31.1 Å². The largest absolute Gasteiger partial charge is 0.435 e. The second-order valence-corrected chi connectivity index (χ2v) is 8.79. The van der Waals surface area contributed by atoms with Crippen LogP contribution in [0.2, 0.25) is 10.0 Å². The SMILES string of the molecule is C/C(=N/NC(=O)NC(F)(F)CF)c1ccc(C2=NOC(c3cc(Cl)cc(Cl)c3)(C(F)(F)F)C2)cc1C. The maximum Gasteiger partial charge on any atom is 0.435 e. The molecular weight excluding hydrogens is 537 g/mol. The minimum atomic E-state index is -4.85. The maximum absolute atomic E-state index is 14.2. The number of nitrogens with one attached hydrogen (secondary N) is 2. The van der Waals surface area contributed by atoms with Crippen LogP contribution in [0, 0.1) is 6.92 Å². The van der Waals surface area contributed by atoms with Crippen LogP contribution in [0.1, 0.15) is 35.6 Å². The number of halogens is 8. The molecule has 2 amide bonds.